The SMILES string of the molecule is Cc1ccc2c(c1)c1cc(C)ccc1n2-c1ccccc1-c1ccc2c(c1)c1ccccc1n2-c1ccccc1-c1ccc2c(c1)-c1ccccc1C2c1ccc(-c2ccccc2)cc1. The van der Waals surface area contributed by atoms with Gasteiger partial charge in [-0.2, -0.15) is 0 Å². The predicted octanol–water partition coefficient (Wildman–Crippen LogP) is 16.7. The largest absolute Gasteiger partial charge is 0.309 e. The normalized spacial score (nSPS) is 13.2. The predicted molar refractivity (Wildman–Crippen MR) is 274 cm³/mol. The van der Waals surface area contributed by atoms with Crippen molar-refractivity contribution in [3.05, 3.63) is 252 Å². The fourth-order valence-corrected chi connectivity index (χ4v) is 11.0. The zero-order valence-corrected chi connectivity index (χ0v) is 36.3. The summed E-state index contributed by atoms with van der Waals surface area (Å²) in [6.45, 7) is 4.37. The van der Waals surface area contributed by atoms with Crippen molar-refractivity contribution in [3.63, 3.8) is 0 Å². The van der Waals surface area contributed by atoms with Gasteiger partial charge in [-0.3, -0.25) is 0 Å². The second-order valence-corrected chi connectivity index (χ2v) is 17.8. The van der Waals surface area contributed by atoms with Crippen molar-refractivity contribution < 1.29 is 0 Å². The van der Waals surface area contributed by atoms with Crippen LogP contribution >= 0.6 is 0 Å². The van der Waals surface area contributed by atoms with Crippen molar-refractivity contribution >= 4 is 43.6 Å². The van der Waals surface area contributed by atoms with Gasteiger partial charge >= 0.3 is 0 Å². The number of hydrogen-bond acceptors (Lipinski definition) is 0. The molecule has 0 saturated heterocycles. The fraction of sp³-hybridized carbons (Fsp3) is 0.0476. The van der Waals surface area contributed by atoms with E-state index in [2.05, 4.69) is 247 Å². The maximum absolute atomic E-state index is 2.48. The lowest BCUT2D eigenvalue weighted by Gasteiger charge is -2.17. The molecule has 0 amide bonds. The molecular formula is C63H44N2. The first-order valence-corrected chi connectivity index (χ1v) is 22.7. The number of fused-ring (bicyclic) bond motifs is 9. The summed E-state index contributed by atoms with van der Waals surface area (Å²) in [6, 6.07) is 83.5. The van der Waals surface area contributed by atoms with Gasteiger partial charge in [-0.15, -0.1) is 0 Å². The molecule has 2 aromatic heterocycles. The summed E-state index contributed by atoms with van der Waals surface area (Å²) in [5, 5.41) is 5.05. The van der Waals surface area contributed by atoms with Crippen LogP contribution in [0.3, 0.4) is 0 Å². The van der Waals surface area contributed by atoms with E-state index in [4.69, 9.17) is 0 Å². The molecule has 0 bridgehead atoms. The minimum atomic E-state index is 0.176. The van der Waals surface area contributed by atoms with Crippen LogP contribution in [-0.4, -0.2) is 9.13 Å². The molecule has 2 heterocycles. The highest BCUT2D eigenvalue weighted by Crippen LogP contribution is 2.50. The van der Waals surface area contributed by atoms with Gasteiger partial charge in [-0.1, -0.05) is 175 Å². The fourth-order valence-electron chi connectivity index (χ4n) is 11.0. The van der Waals surface area contributed by atoms with E-state index in [1.165, 1.54) is 127 Å². The highest BCUT2D eigenvalue weighted by atomic mass is 15.0. The van der Waals surface area contributed by atoms with Crippen LogP contribution in [0.15, 0.2) is 224 Å². The lowest BCUT2D eigenvalue weighted by Crippen LogP contribution is -2.00. The van der Waals surface area contributed by atoms with Crippen LogP contribution in [0.5, 0.6) is 0 Å². The summed E-state index contributed by atoms with van der Waals surface area (Å²) in [5.41, 5.74) is 23.7. The molecule has 0 N–H and O–H groups in total. The molecule has 1 aliphatic rings. The average molecular weight is 829 g/mol. The van der Waals surface area contributed by atoms with E-state index < -0.39 is 0 Å². The van der Waals surface area contributed by atoms with Gasteiger partial charge in [0, 0.05) is 38.6 Å². The molecule has 13 rings (SSSR count). The molecule has 2 nitrogen and oxygen atoms in total. The Balaban J connectivity index is 0.938. The molecule has 1 atom stereocenters. The maximum Gasteiger partial charge on any atom is 0.0541 e. The maximum atomic E-state index is 2.48. The number of nitrogens with zero attached hydrogens (tertiary/aromatic N) is 2. The first kappa shape index (κ1) is 37.4. The Hall–Kier alpha value is -8.20. The van der Waals surface area contributed by atoms with E-state index in [0.717, 1.165) is 0 Å². The Morgan fingerprint density at radius 2 is 0.754 bits per heavy atom. The van der Waals surface area contributed by atoms with Gasteiger partial charge in [-0.25, -0.2) is 0 Å². The number of hydrogen-bond donors (Lipinski definition) is 0. The minimum Gasteiger partial charge on any atom is -0.309 e. The van der Waals surface area contributed by atoms with Crippen LogP contribution in [0.2, 0.25) is 0 Å². The van der Waals surface area contributed by atoms with Crippen LogP contribution < -0.4 is 0 Å². The molecule has 306 valence electrons. The molecule has 1 unspecified atom stereocenters. The topological polar surface area (TPSA) is 9.86 Å². The summed E-state index contributed by atoms with van der Waals surface area (Å²) in [6.07, 6.45) is 0. The number of benzene rings is 10. The number of para-hydroxylation sites is 3. The monoisotopic (exact) mass is 828 g/mol. The lowest BCUT2D eigenvalue weighted by molar-refractivity contribution is 1.02. The van der Waals surface area contributed by atoms with Gasteiger partial charge in [0.1, 0.15) is 0 Å². The lowest BCUT2D eigenvalue weighted by atomic mass is 9.88. The average Bonchev–Trinajstić information content (AvgIpc) is 3.99. The molecule has 0 radical (unpaired) electrons. The molecule has 0 spiro atoms. The van der Waals surface area contributed by atoms with E-state index in [1.807, 2.05) is 0 Å². The quantitative estimate of drug-likeness (QED) is 0.158. The van der Waals surface area contributed by atoms with Crippen LogP contribution in [0.4, 0.5) is 0 Å². The standard InChI is InChI=1S/C63H44N2/c1-40-24-33-60-54(36-40)55-37-41(2)25-34-61(55)65(60)58-22-12-9-17-48(58)46-31-35-62-56(39-46)50-19-10-13-23-59(50)64(62)57-21-11-8-16-47(57)45-30-32-52-53(38-45)49-18-6-7-20-51(49)63(52)44-28-26-43(27-29-44)42-14-4-3-5-15-42/h3-39,63H,1-2H3. The first-order valence-electron chi connectivity index (χ1n) is 22.7. The van der Waals surface area contributed by atoms with Crippen molar-refractivity contribution in [3.8, 4) is 55.9 Å². The van der Waals surface area contributed by atoms with Crippen molar-refractivity contribution in [1.82, 2.24) is 9.13 Å². The summed E-state index contributed by atoms with van der Waals surface area (Å²) >= 11 is 0. The van der Waals surface area contributed by atoms with Crippen molar-refractivity contribution in [1.29, 1.82) is 0 Å². The van der Waals surface area contributed by atoms with Crippen molar-refractivity contribution in [2.75, 3.05) is 0 Å². The molecule has 0 fully saturated rings. The Labute approximate surface area is 378 Å². The van der Waals surface area contributed by atoms with Crippen molar-refractivity contribution in [2.45, 2.75) is 19.8 Å². The van der Waals surface area contributed by atoms with Gasteiger partial charge in [0.25, 0.3) is 0 Å². The third-order valence-corrected chi connectivity index (χ3v) is 13.9. The third kappa shape index (κ3) is 5.88. The molecule has 0 aliphatic heterocycles. The summed E-state index contributed by atoms with van der Waals surface area (Å²) in [4.78, 5) is 0. The summed E-state index contributed by atoms with van der Waals surface area (Å²) < 4.78 is 4.94. The minimum absolute atomic E-state index is 0.176. The molecule has 10 aromatic carbocycles. The zero-order chi connectivity index (χ0) is 43.2. The van der Waals surface area contributed by atoms with Crippen LogP contribution in [0.1, 0.15) is 33.7 Å². The van der Waals surface area contributed by atoms with Gasteiger partial charge < -0.3 is 9.13 Å². The molecule has 65 heavy (non-hydrogen) atoms. The van der Waals surface area contributed by atoms with Crippen LogP contribution in [0, 0.1) is 13.8 Å². The third-order valence-electron chi connectivity index (χ3n) is 13.9. The van der Waals surface area contributed by atoms with E-state index in [0.29, 0.717) is 0 Å². The van der Waals surface area contributed by atoms with Crippen LogP contribution in [0.25, 0.3) is 99.5 Å². The second-order valence-electron chi connectivity index (χ2n) is 17.8. The van der Waals surface area contributed by atoms with E-state index in [1.54, 1.807) is 0 Å². The van der Waals surface area contributed by atoms with Gasteiger partial charge in [0.2, 0.25) is 0 Å². The highest BCUT2D eigenvalue weighted by Gasteiger charge is 2.30. The van der Waals surface area contributed by atoms with E-state index in [-0.39, 0.29) is 5.92 Å². The van der Waals surface area contributed by atoms with Gasteiger partial charge in [0.05, 0.1) is 33.4 Å². The Kier molecular flexibility index (Phi) is 8.44. The van der Waals surface area contributed by atoms with Gasteiger partial charge in [0.15, 0.2) is 0 Å². The van der Waals surface area contributed by atoms with E-state index in [9.17, 15) is 0 Å². The van der Waals surface area contributed by atoms with Crippen LogP contribution in [-0.2, 0) is 0 Å². The highest BCUT2D eigenvalue weighted by molar-refractivity contribution is 6.12. The summed E-state index contributed by atoms with van der Waals surface area (Å²) in [5.74, 6) is 0.176. The molecule has 12 aromatic rings. The Bertz CT molecular complexity index is 3780. The zero-order valence-electron chi connectivity index (χ0n) is 36.3. The molecule has 1 aliphatic carbocycles. The second kappa shape index (κ2) is 14.7. The molecule has 2 heteroatoms. The summed E-state index contributed by atoms with van der Waals surface area (Å²) in [7, 11) is 0. The molecule has 0 saturated carbocycles. The van der Waals surface area contributed by atoms with Crippen molar-refractivity contribution in [2.24, 2.45) is 0 Å². The first-order chi connectivity index (χ1) is 32.1. The van der Waals surface area contributed by atoms with Gasteiger partial charge in [-0.05, 0) is 125 Å². The van der Waals surface area contributed by atoms with E-state index >= 15 is 0 Å². The number of aromatic nitrogens is 2. The Morgan fingerprint density at radius 1 is 0.292 bits per heavy atom. The molecular weight excluding hydrogens is 785 g/mol. The number of rotatable bonds is 6. The smallest absolute Gasteiger partial charge is 0.0541 e. The number of aryl methyl sites for hydroxylation is 2. The Morgan fingerprint density at radius 3 is 1.43 bits per heavy atom.